The number of aromatic nitrogens is 1. The Morgan fingerprint density at radius 1 is 1.10 bits per heavy atom. The molecule has 1 unspecified atom stereocenters. The Morgan fingerprint density at radius 2 is 1.75 bits per heavy atom. The van der Waals surface area contributed by atoms with Gasteiger partial charge in [-0.2, -0.15) is 0 Å². The van der Waals surface area contributed by atoms with E-state index in [0.717, 1.165) is 11.6 Å². The van der Waals surface area contributed by atoms with E-state index >= 15 is 0 Å². The monoisotopic (exact) mass is 288 g/mol. The molecule has 108 valence electrons. The zero-order valence-corrected chi connectivity index (χ0v) is 13.8. The molecular weight excluding hydrogens is 264 g/mol. The maximum Gasteiger partial charge on any atom is 0.0900 e. The summed E-state index contributed by atoms with van der Waals surface area (Å²) in [5, 5.41) is 4.71. The van der Waals surface area contributed by atoms with Crippen LogP contribution >= 0.6 is 11.3 Å². The summed E-state index contributed by atoms with van der Waals surface area (Å²) < 4.78 is 0. The van der Waals surface area contributed by atoms with Crippen LogP contribution in [0.1, 0.15) is 59.4 Å². The van der Waals surface area contributed by atoms with Gasteiger partial charge < -0.3 is 5.32 Å². The van der Waals surface area contributed by atoms with Gasteiger partial charge >= 0.3 is 0 Å². The lowest BCUT2D eigenvalue weighted by Gasteiger charge is -2.13. The van der Waals surface area contributed by atoms with Gasteiger partial charge in [0.15, 0.2) is 0 Å². The van der Waals surface area contributed by atoms with E-state index in [-0.39, 0.29) is 0 Å². The van der Waals surface area contributed by atoms with Crippen molar-refractivity contribution in [3.63, 3.8) is 0 Å². The maximum atomic E-state index is 4.62. The average Bonchev–Trinajstić information content (AvgIpc) is 2.75. The van der Waals surface area contributed by atoms with Gasteiger partial charge in [-0.1, -0.05) is 38.1 Å². The second kappa shape index (κ2) is 6.51. The van der Waals surface area contributed by atoms with E-state index in [2.05, 4.69) is 69.2 Å². The zero-order valence-electron chi connectivity index (χ0n) is 13.0. The van der Waals surface area contributed by atoms with Gasteiger partial charge in [0, 0.05) is 17.5 Å². The fourth-order valence-corrected chi connectivity index (χ4v) is 3.25. The van der Waals surface area contributed by atoms with Crippen molar-refractivity contribution in [1.29, 1.82) is 0 Å². The van der Waals surface area contributed by atoms with Crippen LogP contribution < -0.4 is 5.32 Å². The smallest absolute Gasteiger partial charge is 0.0900 e. The first-order valence-corrected chi connectivity index (χ1v) is 8.05. The Kier molecular flexibility index (Phi) is 4.95. The Hall–Kier alpha value is -1.19. The van der Waals surface area contributed by atoms with E-state index in [0.29, 0.717) is 12.0 Å². The van der Waals surface area contributed by atoms with Gasteiger partial charge in [0.2, 0.25) is 0 Å². The zero-order chi connectivity index (χ0) is 14.7. The number of rotatable bonds is 5. The van der Waals surface area contributed by atoms with Crippen molar-refractivity contribution in [1.82, 2.24) is 10.3 Å². The first-order valence-electron chi connectivity index (χ1n) is 7.23. The lowest BCUT2D eigenvalue weighted by atomic mass is 10.0. The summed E-state index contributed by atoms with van der Waals surface area (Å²) in [7, 11) is 0. The fourth-order valence-electron chi connectivity index (χ4n) is 2.33. The Bertz CT molecular complexity index is 555. The lowest BCUT2D eigenvalue weighted by Crippen LogP contribution is -2.19. The van der Waals surface area contributed by atoms with E-state index in [1.807, 2.05) is 0 Å². The minimum absolute atomic E-state index is 0.296. The average molecular weight is 288 g/mol. The molecule has 3 heteroatoms. The predicted molar refractivity (Wildman–Crippen MR) is 87.4 cm³/mol. The van der Waals surface area contributed by atoms with Crippen LogP contribution in [-0.4, -0.2) is 4.98 Å². The number of hydrogen-bond acceptors (Lipinski definition) is 3. The van der Waals surface area contributed by atoms with Crippen molar-refractivity contribution in [2.45, 2.75) is 53.1 Å². The highest BCUT2D eigenvalue weighted by atomic mass is 32.1. The van der Waals surface area contributed by atoms with Crippen molar-refractivity contribution in [3.05, 3.63) is 51.0 Å². The third kappa shape index (κ3) is 3.68. The molecule has 1 aromatic heterocycles. The molecule has 2 nitrogen and oxygen atoms in total. The summed E-state index contributed by atoms with van der Waals surface area (Å²) in [5.41, 5.74) is 3.91. The largest absolute Gasteiger partial charge is 0.305 e. The summed E-state index contributed by atoms with van der Waals surface area (Å²) in [6, 6.07) is 9.18. The van der Waals surface area contributed by atoms with Crippen LogP contribution in [0, 0.1) is 13.8 Å². The summed E-state index contributed by atoms with van der Waals surface area (Å²) in [6.07, 6.45) is 0. The van der Waals surface area contributed by atoms with Gasteiger partial charge in [0.05, 0.1) is 10.7 Å². The van der Waals surface area contributed by atoms with Crippen LogP contribution in [0.3, 0.4) is 0 Å². The third-order valence-corrected chi connectivity index (χ3v) is 4.51. The first kappa shape index (κ1) is 15.2. The van der Waals surface area contributed by atoms with Crippen molar-refractivity contribution >= 4 is 11.3 Å². The molecule has 0 amide bonds. The minimum atomic E-state index is 0.296. The number of nitrogens with one attached hydrogen (secondary N) is 1. The topological polar surface area (TPSA) is 24.9 Å². The van der Waals surface area contributed by atoms with Crippen molar-refractivity contribution in [2.75, 3.05) is 0 Å². The number of nitrogens with zero attached hydrogens (tertiary/aromatic N) is 1. The summed E-state index contributed by atoms with van der Waals surface area (Å²) in [4.78, 5) is 5.93. The molecule has 2 aromatic rings. The molecular formula is C17H24N2S. The van der Waals surface area contributed by atoms with Crippen LogP contribution in [0.2, 0.25) is 0 Å². The molecule has 0 bridgehead atoms. The van der Waals surface area contributed by atoms with Crippen LogP contribution in [0.25, 0.3) is 0 Å². The SMILES string of the molecule is Cc1nc(C(C)NCc2ccc(C(C)C)cc2)c(C)s1. The summed E-state index contributed by atoms with van der Waals surface area (Å²) in [6.45, 7) is 11.7. The normalized spacial score (nSPS) is 12.9. The Labute approximate surface area is 126 Å². The van der Waals surface area contributed by atoms with Crippen LogP contribution in [0.5, 0.6) is 0 Å². The standard InChI is InChI=1S/C17H24N2S/c1-11(2)16-8-6-15(7-9-16)10-18-12(3)17-13(4)20-14(5)19-17/h6-9,11-12,18H,10H2,1-5H3. The second-order valence-corrected chi connectivity index (χ2v) is 7.08. The van der Waals surface area contributed by atoms with Gasteiger partial charge in [-0.15, -0.1) is 11.3 Å². The molecule has 0 saturated carbocycles. The Morgan fingerprint density at radius 3 is 2.25 bits per heavy atom. The Balaban J connectivity index is 1.96. The number of hydrogen-bond donors (Lipinski definition) is 1. The molecule has 20 heavy (non-hydrogen) atoms. The molecule has 0 aliphatic carbocycles. The van der Waals surface area contributed by atoms with Crippen molar-refractivity contribution in [3.8, 4) is 0 Å². The molecule has 1 aromatic carbocycles. The lowest BCUT2D eigenvalue weighted by molar-refractivity contribution is 0.561. The molecule has 0 fully saturated rings. The van der Waals surface area contributed by atoms with Crippen LogP contribution in [0.15, 0.2) is 24.3 Å². The van der Waals surface area contributed by atoms with E-state index in [4.69, 9.17) is 0 Å². The van der Waals surface area contributed by atoms with E-state index in [1.165, 1.54) is 21.7 Å². The maximum absolute atomic E-state index is 4.62. The molecule has 0 spiro atoms. The molecule has 1 N–H and O–H groups in total. The van der Waals surface area contributed by atoms with Gasteiger partial charge in [-0.05, 0) is 37.8 Å². The molecule has 0 aliphatic heterocycles. The fraction of sp³-hybridized carbons (Fsp3) is 0.471. The quantitative estimate of drug-likeness (QED) is 0.860. The number of benzene rings is 1. The van der Waals surface area contributed by atoms with Crippen molar-refractivity contribution in [2.24, 2.45) is 0 Å². The highest BCUT2D eigenvalue weighted by Gasteiger charge is 2.12. The molecule has 0 aliphatic rings. The first-order chi connectivity index (χ1) is 9.47. The highest BCUT2D eigenvalue weighted by Crippen LogP contribution is 2.22. The number of aryl methyl sites for hydroxylation is 2. The third-order valence-electron chi connectivity index (χ3n) is 3.61. The van der Waals surface area contributed by atoms with Crippen molar-refractivity contribution < 1.29 is 0 Å². The summed E-state index contributed by atoms with van der Waals surface area (Å²) in [5.74, 6) is 0.594. The van der Waals surface area contributed by atoms with Crippen LogP contribution in [-0.2, 0) is 6.54 Å². The van der Waals surface area contributed by atoms with E-state index in [1.54, 1.807) is 11.3 Å². The predicted octanol–water partition coefficient (Wildman–Crippen LogP) is 4.73. The molecule has 1 heterocycles. The van der Waals surface area contributed by atoms with Gasteiger partial charge in [0.1, 0.15) is 0 Å². The molecule has 0 saturated heterocycles. The molecule has 1 atom stereocenters. The molecule has 0 radical (unpaired) electrons. The van der Waals surface area contributed by atoms with Gasteiger partial charge in [-0.25, -0.2) is 4.98 Å². The van der Waals surface area contributed by atoms with Gasteiger partial charge in [0.25, 0.3) is 0 Å². The second-order valence-electron chi connectivity index (χ2n) is 5.67. The van der Waals surface area contributed by atoms with E-state index < -0.39 is 0 Å². The molecule has 2 rings (SSSR count). The highest BCUT2D eigenvalue weighted by molar-refractivity contribution is 7.11. The van der Waals surface area contributed by atoms with E-state index in [9.17, 15) is 0 Å². The van der Waals surface area contributed by atoms with Gasteiger partial charge in [-0.3, -0.25) is 0 Å². The number of thiazole rings is 1. The van der Waals surface area contributed by atoms with Crippen LogP contribution in [0.4, 0.5) is 0 Å². The summed E-state index contributed by atoms with van der Waals surface area (Å²) >= 11 is 1.77. The minimum Gasteiger partial charge on any atom is -0.305 e.